The molecule has 0 bridgehead atoms. The molecule has 152 valence electrons. The number of benzene rings is 1. The third-order valence-electron chi connectivity index (χ3n) is 4.73. The quantitative estimate of drug-likeness (QED) is 0.528. The second kappa shape index (κ2) is 9.67. The van der Waals surface area contributed by atoms with Crippen molar-refractivity contribution in [3.8, 4) is 0 Å². The lowest BCUT2D eigenvalue weighted by Gasteiger charge is -2.28. The summed E-state index contributed by atoms with van der Waals surface area (Å²) < 4.78 is 0. The first-order valence-corrected chi connectivity index (χ1v) is 9.03. The highest BCUT2D eigenvalue weighted by molar-refractivity contribution is 5.82. The molecule has 1 aliphatic heterocycles. The molecule has 1 saturated heterocycles. The number of rotatable bonds is 7. The van der Waals surface area contributed by atoms with Gasteiger partial charge in [0.1, 0.15) is 12.2 Å². The summed E-state index contributed by atoms with van der Waals surface area (Å²) in [4.78, 5) is 48.8. The summed E-state index contributed by atoms with van der Waals surface area (Å²) in [5.41, 5.74) is 0.176. The lowest BCUT2D eigenvalue weighted by molar-refractivity contribution is -0.383. The Hall–Kier alpha value is -3.17. The highest BCUT2D eigenvalue weighted by Gasteiger charge is 2.27. The molecule has 10 nitrogen and oxygen atoms in total. The van der Waals surface area contributed by atoms with Crippen LogP contribution < -0.4 is 5.32 Å². The molecule has 0 spiro atoms. The monoisotopic (exact) mass is 392 g/mol. The number of carboxylic acids is 1. The lowest BCUT2D eigenvalue weighted by Crippen LogP contribution is -2.43. The number of nitrogens with zero attached hydrogens (tertiary/aromatic N) is 3. The van der Waals surface area contributed by atoms with Gasteiger partial charge in [-0.1, -0.05) is 12.1 Å². The predicted octanol–water partition coefficient (Wildman–Crippen LogP) is 1.32. The minimum Gasteiger partial charge on any atom is -0.480 e. The first-order valence-electron chi connectivity index (χ1n) is 9.03. The van der Waals surface area contributed by atoms with E-state index in [1.807, 2.05) is 0 Å². The third kappa shape index (κ3) is 5.66. The number of amides is 2. The fourth-order valence-electron chi connectivity index (χ4n) is 3.35. The number of anilines is 1. The number of nitro benzene ring substituents is 1. The first kappa shape index (κ1) is 21.1. The Bertz CT molecular complexity index is 753. The zero-order valence-electron chi connectivity index (χ0n) is 15.7. The molecular formula is C18H24N4O6. The van der Waals surface area contributed by atoms with Gasteiger partial charge in [0.05, 0.1) is 11.5 Å². The Morgan fingerprint density at radius 2 is 2.00 bits per heavy atom. The van der Waals surface area contributed by atoms with E-state index >= 15 is 0 Å². The van der Waals surface area contributed by atoms with Crippen LogP contribution in [0.4, 0.5) is 11.4 Å². The van der Waals surface area contributed by atoms with Crippen LogP contribution in [0.25, 0.3) is 0 Å². The van der Waals surface area contributed by atoms with Crippen molar-refractivity contribution in [3.63, 3.8) is 0 Å². The highest BCUT2D eigenvalue weighted by Crippen LogP contribution is 2.23. The van der Waals surface area contributed by atoms with E-state index in [-0.39, 0.29) is 42.3 Å². The SMILES string of the molecule is CC(=O)N(CC(=O)O)C1CCCN(C(=O)CNc2ccccc2[N+](=O)[O-])CC1. The van der Waals surface area contributed by atoms with Crippen molar-refractivity contribution in [3.05, 3.63) is 34.4 Å². The van der Waals surface area contributed by atoms with Crippen molar-refractivity contribution >= 4 is 29.2 Å². The van der Waals surface area contributed by atoms with Crippen molar-refractivity contribution in [1.82, 2.24) is 9.80 Å². The number of carboxylic acid groups (broad SMARTS) is 1. The second-order valence-electron chi connectivity index (χ2n) is 6.63. The van der Waals surface area contributed by atoms with E-state index in [9.17, 15) is 24.5 Å². The van der Waals surface area contributed by atoms with Gasteiger partial charge in [0, 0.05) is 32.1 Å². The minimum absolute atomic E-state index is 0.0823. The van der Waals surface area contributed by atoms with E-state index in [0.29, 0.717) is 32.4 Å². The molecule has 1 atom stereocenters. The Labute approximate surface area is 162 Å². The third-order valence-corrected chi connectivity index (χ3v) is 4.73. The number of carbonyl (C=O) groups excluding carboxylic acids is 2. The number of likely N-dealkylation sites (tertiary alicyclic amines) is 1. The van der Waals surface area contributed by atoms with Crippen molar-refractivity contribution in [2.45, 2.75) is 32.2 Å². The van der Waals surface area contributed by atoms with Gasteiger partial charge < -0.3 is 20.2 Å². The molecular weight excluding hydrogens is 368 g/mol. The van der Waals surface area contributed by atoms with Gasteiger partial charge in [-0.3, -0.25) is 24.5 Å². The summed E-state index contributed by atoms with van der Waals surface area (Å²) in [6.07, 6.45) is 1.75. The van der Waals surface area contributed by atoms with Gasteiger partial charge in [-0.2, -0.15) is 0 Å². The zero-order valence-corrected chi connectivity index (χ0v) is 15.7. The Kier molecular flexibility index (Phi) is 7.30. The van der Waals surface area contributed by atoms with E-state index in [0.717, 1.165) is 0 Å². The number of carbonyl (C=O) groups is 3. The van der Waals surface area contributed by atoms with Crippen LogP contribution in [0.2, 0.25) is 0 Å². The van der Waals surface area contributed by atoms with E-state index in [2.05, 4.69) is 5.32 Å². The Morgan fingerprint density at radius 3 is 2.64 bits per heavy atom. The molecule has 1 aromatic carbocycles. The van der Waals surface area contributed by atoms with Crippen LogP contribution in [0.1, 0.15) is 26.2 Å². The molecule has 1 aliphatic rings. The Morgan fingerprint density at radius 1 is 1.29 bits per heavy atom. The van der Waals surface area contributed by atoms with Gasteiger partial charge in [0.2, 0.25) is 11.8 Å². The maximum absolute atomic E-state index is 12.5. The number of aliphatic carboxylic acids is 1. The molecule has 1 fully saturated rings. The van der Waals surface area contributed by atoms with Crippen LogP contribution in [0.3, 0.4) is 0 Å². The van der Waals surface area contributed by atoms with Gasteiger partial charge in [-0.05, 0) is 25.3 Å². The summed E-state index contributed by atoms with van der Waals surface area (Å²) >= 11 is 0. The van der Waals surface area contributed by atoms with E-state index in [1.54, 1.807) is 23.1 Å². The number of hydrogen-bond donors (Lipinski definition) is 2. The molecule has 0 saturated carbocycles. The standard InChI is InChI=1S/C18H24N4O6/c1-13(23)21(12-18(25)26)14-5-4-9-20(10-8-14)17(24)11-19-15-6-2-3-7-16(15)22(27)28/h2-3,6-7,14,19H,4-5,8-12H2,1H3,(H,25,26). The number of nitro groups is 1. The van der Waals surface area contributed by atoms with E-state index in [1.165, 1.54) is 17.9 Å². The van der Waals surface area contributed by atoms with E-state index in [4.69, 9.17) is 5.11 Å². The van der Waals surface area contributed by atoms with Gasteiger partial charge in [0.25, 0.3) is 5.69 Å². The first-order chi connectivity index (χ1) is 13.3. The maximum atomic E-state index is 12.5. The molecule has 1 unspecified atom stereocenters. The topological polar surface area (TPSA) is 133 Å². The fraction of sp³-hybridized carbons (Fsp3) is 0.500. The predicted molar refractivity (Wildman–Crippen MR) is 101 cm³/mol. The van der Waals surface area contributed by atoms with Crippen molar-refractivity contribution < 1.29 is 24.4 Å². The fourth-order valence-corrected chi connectivity index (χ4v) is 3.35. The Balaban J connectivity index is 1.94. The van der Waals surface area contributed by atoms with Crippen LogP contribution in [0.15, 0.2) is 24.3 Å². The van der Waals surface area contributed by atoms with Crippen molar-refractivity contribution in [2.75, 3.05) is 31.5 Å². The summed E-state index contributed by atoms with van der Waals surface area (Å²) in [6.45, 7) is 1.79. The zero-order chi connectivity index (χ0) is 20.7. The van der Waals surface area contributed by atoms with Gasteiger partial charge in [-0.15, -0.1) is 0 Å². The molecule has 28 heavy (non-hydrogen) atoms. The average molecular weight is 392 g/mol. The maximum Gasteiger partial charge on any atom is 0.323 e. The summed E-state index contributed by atoms with van der Waals surface area (Å²) in [5.74, 6) is -1.57. The summed E-state index contributed by atoms with van der Waals surface area (Å²) in [7, 11) is 0. The highest BCUT2D eigenvalue weighted by atomic mass is 16.6. The largest absolute Gasteiger partial charge is 0.480 e. The normalized spacial score (nSPS) is 16.8. The molecule has 1 heterocycles. The molecule has 0 aliphatic carbocycles. The molecule has 0 aromatic heterocycles. The number of nitrogens with one attached hydrogen (secondary N) is 1. The van der Waals surface area contributed by atoms with Crippen LogP contribution in [-0.4, -0.2) is 69.8 Å². The average Bonchev–Trinajstić information content (AvgIpc) is 2.90. The smallest absolute Gasteiger partial charge is 0.323 e. The molecule has 1 aromatic rings. The summed E-state index contributed by atoms with van der Waals surface area (Å²) in [6, 6.07) is 5.88. The second-order valence-corrected chi connectivity index (χ2v) is 6.63. The molecule has 2 rings (SSSR count). The van der Waals surface area contributed by atoms with E-state index < -0.39 is 10.9 Å². The molecule has 0 radical (unpaired) electrons. The van der Waals surface area contributed by atoms with Crippen LogP contribution in [0, 0.1) is 10.1 Å². The molecule has 10 heteroatoms. The van der Waals surface area contributed by atoms with Crippen LogP contribution >= 0.6 is 0 Å². The number of para-hydroxylation sites is 2. The minimum atomic E-state index is -1.07. The van der Waals surface area contributed by atoms with Crippen LogP contribution in [0.5, 0.6) is 0 Å². The molecule has 2 amide bonds. The van der Waals surface area contributed by atoms with Crippen molar-refractivity contribution in [2.24, 2.45) is 0 Å². The van der Waals surface area contributed by atoms with Crippen molar-refractivity contribution in [1.29, 1.82) is 0 Å². The lowest BCUT2D eigenvalue weighted by atomic mass is 10.1. The van der Waals surface area contributed by atoms with Gasteiger partial charge >= 0.3 is 5.97 Å². The van der Waals surface area contributed by atoms with Crippen LogP contribution in [-0.2, 0) is 14.4 Å². The van der Waals surface area contributed by atoms with Gasteiger partial charge in [0.15, 0.2) is 0 Å². The number of hydrogen-bond acceptors (Lipinski definition) is 6. The van der Waals surface area contributed by atoms with Gasteiger partial charge in [-0.25, -0.2) is 0 Å². The molecule has 2 N–H and O–H groups in total. The summed E-state index contributed by atoms with van der Waals surface area (Å²) in [5, 5.41) is 22.9.